The molecule has 0 unspecified atom stereocenters. The Bertz CT molecular complexity index is 449. The maximum Gasteiger partial charge on any atom is 0.125 e. The number of methoxy groups -OCH3 is 1. The van der Waals surface area contributed by atoms with Gasteiger partial charge in [0.15, 0.2) is 0 Å². The molecule has 0 bridgehead atoms. The summed E-state index contributed by atoms with van der Waals surface area (Å²) in [6, 6.07) is 4.56. The van der Waals surface area contributed by atoms with E-state index in [2.05, 4.69) is 39.8 Å². The van der Waals surface area contributed by atoms with Crippen LogP contribution in [0.15, 0.2) is 12.1 Å². The molecule has 1 rings (SSSR count). The lowest BCUT2D eigenvalue weighted by Gasteiger charge is -2.29. The van der Waals surface area contributed by atoms with Gasteiger partial charge in [0.1, 0.15) is 5.75 Å². The van der Waals surface area contributed by atoms with Gasteiger partial charge in [-0.15, -0.1) is 0 Å². The van der Waals surface area contributed by atoms with Crippen molar-refractivity contribution in [1.29, 1.82) is 0 Å². The van der Waals surface area contributed by atoms with Gasteiger partial charge in [0.2, 0.25) is 0 Å². The normalized spacial score (nSPS) is 11.7. The van der Waals surface area contributed by atoms with Crippen LogP contribution in [-0.2, 0) is 18.3 Å². The molecule has 1 aromatic rings. The van der Waals surface area contributed by atoms with Crippen LogP contribution in [0, 0.1) is 0 Å². The zero-order valence-electron chi connectivity index (χ0n) is 15.2. The van der Waals surface area contributed by atoms with Crippen molar-refractivity contribution in [2.24, 2.45) is 0 Å². The third-order valence-electron chi connectivity index (χ3n) is 4.57. The molecule has 126 valence electrons. The van der Waals surface area contributed by atoms with Gasteiger partial charge in [-0.25, -0.2) is 0 Å². The Labute approximate surface area is 136 Å². The minimum absolute atomic E-state index is 0.125. The number of aliphatic hydroxyl groups is 1. The minimum Gasteiger partial charge on any atom is -0.496 e. The minimum atomic E-state index is 0.125. The molecule has 0 amide bonds. The maximum absolute atomic E-state index is 9.10. The van der Waals surface area contributed by atoms with Crippen LogP contribution in [0.4, 0.5) is 0 Å². The monoisotopic (exact) mass is 306 g/mol. The SMILES string of the molecule is CCCCCC(C)(C)c1cc(CCCO)cc(CC)c1OC. The second kappa shape index (κ2) is 9.19. The number of rotatable bonds is 10. The quantitative estimate of drug-likeness (QED) is 0.614. The molecule has 2 heteroatoms. The Morgan fingerprint density at radius 1 is 1.09 bits per heavy atom. The van der Waals surface area contributed by atoms with Gasteiger partial charge in [-0.2, -0.15) is 0 Å². The molecule has 0 radical (unpaired) electrons. The predicted molar refractivity (Wildman–Crippen MR) is 94.9 cm³/mol. The van der Waals surface area contributed by atoms with E-state index in [1.807, 2.05) is 0 Å². The summed E-state index contributed by atoms with van der Waals surface area (Å²) in [6.45, 7) is 9.34. The predicted octanol–water partition coefficient (Wildman–Crippen LogP) is 5.04. The summed E-state index contributed by atoms with van der Waals surface area (Å²) in [7, 11) is 1.79. The van der Waals surface area contributed by atoms with Crippen LogP contribution in [0.5, 0.6) is 5.75 Å². The number of benzene rings is 1. The van der Waals surface area contributed by atoms with Crippen LogP contribution < -0.4 is 4.74 Å². The Morgan fingerprint density at radius 2 is 1.82 bits per heavy atom. The van der Waals surface area contributed by atoms with Crippen molar-refractivity contribution < 1.29 is 9.84 Å². The molecule has 22 heavy (non-hydrogen) atoms. The van der Waals surface area contributed by atoms with Crippen LogP contribution in [0.2, 0.25) is 0 Å². The Balaban J connectivity index is 3.17. The van der Waals surface area contributed by atoms with E-state index >= 15 is 0 Å². The first kappa shape index (κ1) is 19.0. The van der Waals surface area contributed by atoms with Crippen LogP contribution in [0.3, 0.4) is 0 Å². The summed E-state index contributed by atoms with van der Waals surface area (Å²) >= 11 is 0. The third kappa shape index (κ3) is 5.01. The zero-order valence-corrected chi connectivity index (χ0v) is 15.2. The fourth-order valence-corrected chi connectivity index (χ4v) is 3.14. The van der Waals surface area contributed by atoms with Gasteiger partial charge < -0.3 is 9.84 Å². The molecular formula is C20H34O2. The number of aryl methyl sites for hydroxylation is 2. The smallest absolute Gasteiger partial charge is 0.125 e. The standard InChI is InChI=1S/C20H34O2/c1-6-8-9-12-20(3,4)18-15-16(11-10-13-21)14-17(7-2)19(18)22-5/h14-15,21H,6-13H2,1-5H3. The summed E-state index contributed by atoms with van der Waals surface area (Å²) in [5, 5.41) is 9.10. The molecule has 0 aliphatic heterocycles. The van der Waals surface area contributed by atoms with Gasteiger partial charge in [0.25, 0.3) is 0 Å². The van der Waals surface area contributed by atoms with E-state index in [-0.39, 0.29) is 12.0 Å². The van der Waals surface area contributed by atoms with Crippen LogP contribution in [0.25, 0.3) is 0 Å². The molecule has 2 nitrogen and oxygen atoms in total. The summed E-state index contributed by atoms with van der Waals surface area (Å²) in [6.07, 6.45) is 7.73. The number of aliphatic hydroxyl groups excluding tert-OH is 1. The lowest BCUT2D eigenvalue weighted by molar-refractivity contribution is 0.288. The van der Waals surface area contributed by atoms with Gasteiger partial charge >= 0.3 is 0 Å². The van der Waals surface area contributed by atoms with Gasteiger partial charge in [0, 0.05) is 12.2 Å². The molecule has 0 aromatic heterocycles. The van der Waals surface area contributed by atoms with Crippen LogP contribution in [-0.4, -0.2) is 18.8 Å². The molecule has 0 aliphatic carbocycles. The lowest BCUT2D eigenvalue weighted by atomic mass is 9.77. The fraction of sp³-hybridized carbons (Fsp3) is 0.700. The van der Waals surface area contributed by atoms with Crippen molar-refractivity contribution in [1.82, 2.24) is 0 Å². The average molecular weight is 306 g/mol. The van der Waals surface area contributed by atoms with Gasteiger partial charge in [0.05, 0.1) is 7.11 Å². The van der Waals surface area contributed by atoms with Crippen molar-refractivity contribution in [3.05, 3.63) is 28.8 Å². The molecule has 1 N–H and O–H groups in total. The summed E-state index contributed by atoms with van der Waals surface area (Å²) in [5.41, 5.74) is 4.07. The van der Waals surface area contributed by atoms with E-state index in [1.165, 1.54) is 42.4 Å². The Hall–Kier alpha value is -1.02. The molecule has 0 atom stereocenters. The summed E-state index contributed by atoms with van der Waals surface area (Å²) < 4.78 is 5.77. The van der Waals surface area contributed by atoms with Crippen molar-refractivity contribution in [3.63, 3.8) is 0 Å². The van der Waals surface area contributed by atoms with Crippen molar-refractivity contribution >= 4 is 0 Å². The number of ether oxygens (including phenoxy) is 1. The average Bonchev–Trinajstić information content (AvgIpc) is 2.51. The first-order valence-corrected chi connectivity index (χ1v) is 8.81. The lowest BCUT2D eigenvalue weighted by Crippen LogP contribution is -2.19. The largest absolute Gasteiger partial charge is 0.496 e. The maximum atomic E-state index is 9.10. The van der Waals surface area contributed by atoms with E-state index in [0.29, 0.717) is 0 Å². The first-order chi connectivity index (χ1) is 10.5. The highest BCUT2D eigenvalue weighted by atomic mass is 16.5. The molecule has 0 saturated carbocycles. The topological polar surface area (TPSA) is 29.5 Å². The van der Waals surface area contributed by atoms with E-state index < -0.39 is 0 Å². The number of hydrogen-bond donors (Lipinski definition) is 1. The molecule has 0 spiro atoms. The highest BCUT2D eigenvalue weighted by molar-refractivity contribution is 5.48. The Morgan fingerprint density at radius 3 is 2.36 bits per heavy atom. The fourth-order valence-electron chi connectivity index (χ4n) is 3.14. The molecule has 0 saturated heterocycles. The van der Waals surface area contributed by atoms with Crippen LogP contribution in [0.1, 0.15) is 76.5 Å². The van der Waals surface area contributed by atoms with Crippen molar-refractivity contribution in [2.45, 2.75) is 78.1 Å². The van der Waals surface area contributed by atoms with Crippen molar-refractivity contribution in [2.75, 3.05) is 13.7 Å². The van der Waals surface area contributed by atoms with E-state index in [0.717, 1.165) is 25.0 Å². The highest BCUT2D eigenvalue weighted by Gasteiger charge is 2.26. The van der Waals surface area contributed by atoms with Gasteiger partial charge in [-0.1, -0.05) is 59.1 Å². The molecule has 0 aliphatic rings. The highest BCUT2D eigenvalue weighted by Crippen LogP contribution is 2.39. The van der Waals surface area contributed by atoms with Crippen LogP contribution >= 0.6 is 0 Å². The molecule has 1 aromatic carbocycles. The van der Waals surface area contributed by atoms with Crippen molar-refractivity contribution in [3.8, 4) is 5.75 Å². The van der Waals surface area contributed by atoms with E-state index in [9.17, 15) is 0 Å². The Kier molecular flexibility index (Phi) is 7.95. The second-order valence-electron chi connectivity index (χ2n) is 6.86. The zero-order chi connectivity index (χ0) is 16.6. The second-order valence-corrected chi connectivity index (χ2v) is 6.86. The molecular weight excluding hydrogens is 272 g/mol. The first-order valence-electron chi connectivity index (χ1n) is 8.81. The molecule has 0 heterocycles. The summed E-state index contributed by atoms with van der Waals surface area (Å²) in [5.74, 6) is 1.07. The molecule has 0 fully saturated rings. The number of unbranched alkanes of at least 4 members (excludes halogenated alkanes) is 2. The van der Waals surface area contributed by atoms with Gasteiger partial charge in [-0.3, -0.25) is 0 Å². The van der Waals surface area contributed by atoms with Gasteiger partial charge in [-0.05, 0) is 42.2 Å². The third-order valence-corrected chi connectivity index (χ3v) is 4.57. The number of hydrogen-bond acceptors (Lipinski definition) is 2. The van der Waals surface area contributed by atoms with E-state index in [1.54, 1.807) is 7.11 Å². The van der Waals surface area contributed by atoms with E-state index in [4.69, 9.17) is 9.84 Å². The summed E-state index contributed by atoms with van der Waals surface area (Å²) in [4.78, 5) is 0.